The zero-order valence-electron chi connectivity index (χ0n) is 18.1. The summed E-state index contributed by atoms with van der Waals surface area (Å²) in [5.41, 5.74) is 4.98. The van der Waals surface area contributed by atoms with Gasteiger partial charge in [-0.3, -0.25) is 4.90 Å². The number of amides is 2. The Bertz CT molecular complexity index is 1350. The van der Waals surface area contributed by atoms with Crippen molar-refractivity contribution >= 4 is 28.9 Å². The maximum Gasteiger partial charge on any atom is 0.326 e. The highest BCUT2D eigenvalue weighted by Crippen LogP contribution is 2.39. The van der Waals surface area contributed by atoms with Gasteiger partial charge in [0.1, 0.15) is 0 Å². The molecule has 1 unspecified atom stereocenters. The molecular weight excluding hydrogens is 436 g/mol. The normalized spacial score (nSPS) is 16.2. The van der Waals surface area contributed by atoms with Gasteiger partial charge in [-0.1, -0.05) is 83.0 Å². The van der Waals surface area contributed by atoms with E-state index in [9.17, 15) is 4.79 Å². The van der Waals surface area contributed by atoms with E-state index in [0.29, 0.717) is 28.1 Å². The Morgan fingerprint density at radius 1 is 0.970 bits per heavy atom. The van der Waals surface area contributed by atoms with E-state index >= 15 is 0 Å². The first-order valence-corrected chi connectivity index (χ1v) is 10.9. The topological polar surface area (TPSA) is 71.3 Å². The quantitative estimate of drug-likeness (QED) is 0.385. The Kier molecular flexibility index (Phi) is 5.44. The zero-order valence-corrected chi connectivity index (χ0v) is 18.9. The molecule has 2 heterocycles. The number of anilines is 1. The van der Waals surface area contributed by atoms with Crippen LogP contribution in [0.15, 0.2) is 89.1 Å². The van der Waals surface area contributed by atoms with Gasteiger partial charge in [-0.15, -0.1) is 0 Å². The highest BCUT2D eigenvalue weighted by Gasteiger charge is 2.36. The van der Waals surface area contributed by atoms with E-state index in [-0.39, 0.29) is 6.03 Å². The molecule has 0 spiro atoms. The summed E-state index contributed by atoms with van der Waals surface area (Å²) in [4.78, 5) is 19.5. The highest BCUT2D eigenvalue weighted by atomic mass is 35.5. The largest absolute Gasteiger partial charge is 0.334 e. The van der Waals surface area contributed by atoms with E-state index < -0.39 is 6.04 Å². The summed E-state index contributed by atoms with van der Waals surface area (Å²) in [5, 5.41) is 7.84. The summed E-state index contributed by atoms with van der Waals surface area (Å²) < 4.78 is 5.72. The van der Waals surface area contributed by atoms with Gasteiger partial charge in [0.2, 0.25) is 5.82 Å². The van der Waals surface area contributed by atoms with Crippen LogP contribution in [0.25, 0.3) is 17.0 Å². The van der Waals surface area contributed by atoms with Gasteiger partial charge in [-0.2, -0.15) is 4.98 Å². The number of rotatable bonds is 4. The van der Waals surface area contributed by atoms with E-state index in [0.717, 1.165) is 22.3 Å². The molecule has 1 aromatic heterocycles. The first kappa shape index (κ1) is 21.0. The lowest BCUT2D eigenvalue weighted by Gasteiger charge is -2.35. The zero-order chi connectivity index (χ0) is 22.9. The molecule has 1 aliphatic rings. The summed E-state index contributed by atoms with van der Waals surface area (Å²) in [5.74, 6) is 0.837. The predicted octanol–water partition coefficient (Wildman–Crippen LogP) is 6.40. The number of hydrogen-bond acceptors (Lipinski definition) is 4. The molecule has 0 aliphatic carbocycles. The second kappa shape index (κ2) is 8.56. The van der Waals surface area contributed by atoms with Crippen LogP contribution in [0.2, 0.25) is 5.02 Å². The van der Waals surface area contributed by atoms with Crippen molar-refractivity contribution in [3.05, 3.63) is 107 Å². The molecule has 1 N–H and O–H groups in total. The fourth-order valence-corrected chi connectivity index (χ4v) is 4.18. The van der Waals surface area contributed by atoms with Crippen molar-refractivity contribution in [2.45, 2.75) is 19.9 Å². The van der Waals surface area contributed by atoms with E-state index in [1.165, 1.54) is 0 Å². The number of nitrogens with zero attached hydrogens (tertiary/aromatic N) is 3. The second-order valence-electron chi connectivity index (χ2n) is 7.90. The third-order valence-electron chi connectivity index (χ3n) is 5.65. The maximum absolute atomic E-state index is 13.2. The highest BCUT2D eigenvalue weighted by molar-refractivity contribution is 6.31. The molecule has 0 saturated carbocycles. The van der Waals surface area contributed by atoms with Crippen LogP contribution in [0.1, 0.15) is 30.0 Å². The molecule has 7 heteroatoms. The Morgan fingerprint density at radius 2 is 1.73 bits per heavy atom. The maximum atomic E-state index is 13.2. The number of carbonyl (C=O) groups is 1. The Balaban J connectivity index is 1.66. The summed E-state index contributed by atoms with van der Waals surface area (Å²) in [6.45, 7) is 3.90. The van der Waals surface area contributed by atoms with Crippen LogP contribution in [0.3, 0.4) is 0 Å². The number of hydrogen-bond donors (Lipinski definition) is 1. The monoisotopic (exact) mass is 456 g/mol. The number of benzene rings is 3. The van der Waals surface area contributed by atoms with Crippen LogP contribution in [-0.2, 0) is 0 Å². The van der Waals surface area contributed by atoms with Crippen molar-refractivity contribution in [2.75, 3.05) is 4.90 Å². The Labute approximate surface area is 196 Å². The van der Waals surface area contributed by atoms with Crippen molar-refractivity contribution in [1.29, 1.82) is 0 Å². The lowest BCUT2D eigenvalue weighted by molar-refractivity contribution is 0.244. The number of aryl methyl sites for hydroxylation is 1. The molecular formula is C26H21ClN4O2. The standard InChI is InChI=1S/C26H21ClN4O2/c1-16-11-13-18(14-12-16)23-22(25-29-24(30-33-25)19-7-4-3-5-8-19)17(2)31(26(32)28-23)21-10-6-9-20(27)15-21/h3-15,23H,1-2H3,(H,28,32). The molecule has 4 aromatic rings. The molecule has 0 saturated heterocycles. The van der Waals surface area contributed by atoms with Gasteiger partial charge in [0.15, 0.2) is 0 Å². The fraction of sp³-hybridized carbons (Fsp3) is 0.115. The summed E-state index contributed by atoms with van der Waals surface area (Å²) >= 11 is 6.21. The molecule has 5 rings (SSSR count). The van der Waals surface area contributed by atoms with Crippen molar-refractivity contribution < 1.29 is 9.32 Å². The van der Waals surface area contributed by atoms with Crippen molar-refractivity contribution in [3.63, 3.8) is 0 Å². The molecule has 33 heavy (non-hydrogen) atoms. The lowest BCUT2D eigenvalue weighted by Crippen LogP contribution is -2.46. The number of aromatic nitrogens is 2. The first-order chi connectivity index (χ1) is 16.0. The minimum absolute atomic E-state index is 0.258. The average molecular weight is 457 g/mol. The van der Waals surface area contributed by atoms with Gasteiger partial charge in [-0.05, 0) is 37.6 Å². The number of carbonyl (C=O) groups excluding carboxylic acids is 1. The van der Waals surface area contributed by atoms with Gasteiger partial charge in [0.05, 0.1) is 17.3 Å². The van der Waals surface area contributed by atoms with Crippen molar-refractivity contribution in [2.24, 2.45) is 0 Å². The van der Waals surface area contributed by atoms with Crippen molar-refractivity contribution in [1.82, 2.24) is 15.5 Å². The molecule has 2 amide bonds. The molecule has 1 aliphatic heterocycles. The van der Waals surface area contributed by atoms with Crippen molar-refractivity contribution in [3.8, 4) is 11.4 Å². The van der Waals surface area contributed by atoms with Gasteiger partial charge < -0.3 is 9.84 Å². The van der Waals surface area contributed by atoms with Crippen LogP contribution in [0.5, 0.6) is 0 Å². The summed E-state index contributed by atoms with van der Waals surface area (Å²) in [7, 11) is 0. The summed E-state index contributed by atoms with van der Waals surface area (Å²) in [6.07, 6.45) is 0. The van der Waals surface area contributed by atoms with E-state index in [1.54, 1.807) is 17.0 Å². The predicted molar refractivity (Wildman–Crippen MR) is 129 cm³/mol. The number of urea groups is 1. The Hall–Kier alpha value is -3.90. The smallest absolute Gasteiger partial charge is 0.326 e. The molecule has 164 valence electrons. The second-order valence-corrected chi connectivity index (χ2v) is 8.33. The third kappa shape index (κ3) is 4.01. The average Bonchev–Trinajstić information content (AvgIpc) is 3.30. The van der Waals surface area contributed by atoms with E-state index in [2.05, 4.69) is 15.5 Å². The van der Waals surface area contributed by atoms with Gasteiger partial charge >= 0.3 is 6.03 Å². The molecule has 6 nitrogen and oxygen atoms in total. The van der Waals surface area contributed by atoms with Gasteiger partial charge in [0.25, 0.3) is 5.89 Å². The molecule has 0 bridgehead atoms. The Morgan fingerprint density at radius 3 is 2.45 bits per heavy atom. The van der Waals surface area contributed by atoms with E-state index in [1.807, 2.05) is 80.6 Å². The van der Waals surface area contributed by atoms with Gasteiger partial charge in [0, 0.05) is 16.3 Å². The van der Waals surface area contributed by atoms with E-state index in [4.69, 9.17) is 16.1 Å². The van der Waals surface area contributed by atoms with Crippen LogP contribution in [0, 0.1) is 6.92 Å². The number of allylic oxidation sites excluding steroid dienone is 1. The third-order valence-corrected chi connectivity index (χ3v) is 5.89. The molecule has 3 aromatic carbocycles. The van der Waals surface area contributed by atoms with Gasteiger partial charge in [-0.25, -0.2) is 4.79 Å². The van der Waals surface area contributed by atoms with Crippen LogP contribution >= 0.6 is 11.6 Å². The first-order valence-electron chi connectivity index (χ1n) is 10.5. The minimum Gasteiger partial charge on any atom is -0.334 e. The van der Waals surface area contributed by atoms with Crippen LogP contribution in [-0.4, -0.2) is 16.2 Å². The minimum atomic E-state index is -0.447. The number of nitrogens with one attached hydrogen (secondary N) is 1. The SMILES string of the molecule is CC1=C(c2nc(-c3ccccc3)no2)C(c2ccc(C)cc2)NC(=O)N1c1cccc(Cl)c1. The molecule has 1 atom stereocenters. The molecule has 0 fully saturated rings. The lowest BCUT2D eigenvalue weighted by atomic mass is 9.94. The van der Waals surface area contributed by atoms with Crippen LogP contribution in [0.4, 0.5) is 10.5 Å². The molecule has 0 radical (unpaired) electrons. The fourth-order valence-electron chi connectivity index (χ4n) is 3.99. The number of halogens is 1. The summed E-state index contributed by atoms with van der Waals surface area (Å²) in [6, 6.07) is 24.1. The van der Waals surface area contributed by atoms with Crippen LogP contribution < -0.4 is 10.2 Å².